The van der Waals surface area contributed by atoms with Gasteiger partial charge in [0.05, 0.1) is 11.6 Å². The summed E-state index contributed by atoms with van der Waals surface area (Å²) in [5, 5.41) is 3.02. The lowest BCUT2D eigenvalue weighted by Crippen LogP contribution is -2.28. The maximum atomic E-state index is 12.0. The van der Waals surface area contributed by atoms with Gasteiger partial charge in [0.1, 0.15) is 10.7 Å². The van der Waals surface area contributed by atoms with E-state index in [4.69, 9.17) is 16.3 Å². The Hall–Kier alpha value is -0.890. The lowest BCUT2D eigenvalue weighted by molar-refractivity contribution is 0.114. The van der Waals surface area contributed by atoms with E-state index in [0.717, 1.165) is 0 Å². The van der Waals surface area contributed by atoms with Gasteiger partial charge < -0.3 is 10.1 Å². The first-order chi connectivity index (χ1) is 9.36. The smallest absolute Gasteiger partial charge is 0.242 e. The molecule has 0 radical (unpaired) electrons. The van der Waals surface area contributed by atoms with E-state index in [9.17, 15) is 8.42 Å². The number of hydrogen-bond acceptors (Lipinski definition) is 5. The minimum absolute atomic E-state index is 0.0327. The maximum Gasteiger partial charge on any atom is 0.242 e. The second-order valence-corrected chi connectivity index (χ2v) is 6.79. The minimum Gasteiger partial charge on any atom is -0.380 e. The van der Waals surface area contributed by atoms with Gasteiger partial charge in [-0.05, 0) is 12.0 Å². The Balaban J connectivity index is 2.58. The van der Waals surface area contributed by atoms with Gasteiger partial charge in [0.2, 0.25) is 10.0 Å². The number of rotatable bonds is 8. The van der Waals surface area contributed by atoms with Crippen LogP contribution in [0.25, 0.3) is 0 Å². The molecule has 1 rings (SSSR count). The third-order valence-corrected chi connectivity index (χ3v) is 4.07. The molecule has 2 N–H and O–H groups in total. The summed E-state index contributed by atoms with van der Waals surface area (Å²) in [7, 11) is -1.95. The van der Waals surface area contributed by atoms with E-state index in [1.54, 1.807) is 7.05 Å². The molecule has 0 saturated heterocycles. The first-order valence-electron chi connectivity index (χ1n) is 6.27. The van der Waals surface area contributed by atoms with Gasteiger partial charge in [0.25, 0.3) is 0 Å². The van der Waals surface area contributed by atoms with Gasteiger partial charge >= 0.3 is 0 Å². The lowest BCUT2D eigenvalue weighted by atomic mass is 10.2. The summed E-state index contributed by atoms with van der Waals surface area (Å²) in [6, 6.07) is 1.36. The van der Waals surface area contributed by atoms with Crippen LogP contribution in [-0.2, 0) is 14.8 Å². The SMILES string of the molecule is CNc1ncc(S(=O)(=O)NCCOCC(C)C)cc1Cl. The molecule has 0 aliphatic heterocycles. The van der Waals surface area contributed by atoms with Crippen LogP contribution in [0.3, 0.4) is 0 Å². The van der Waals surface area contributed by atoms with Crippen molar-refractivity contribution < 1.29 is 13.2 Å². The molecule has 0 aliphatic carbocycles. The largest absolute Gasteiger partial charge is 0.380 e. The Morgan fingerprint density at radius 3 is 2.70 bits per heavy atom. The molecule has 0 amide bonds. The molecular formula is C12H20ClN3O3S. The third kappa shape index (κ3) is 5.24. The predicted octanol–water partition coefficient (Wildman–Crippen LogP) is 1.73. The van der Waals surface area contributed by atoms with Crippen LogP contribution in [0.4, 0.5) is 5.82 Å². The van der Waals surface area contributed by atoms with Crippen LogP contribution in [0.1, 0.15) is 13.8 Å². The molecule has 20 heavy (non-hydrogen) atoms. The van der Waals surface area contributed by atoms with Crippen molar-refractivity contribution in [3.8, 4) is 0 Å². The topological polar surface area (TPSA) is 80.3 Å². The summed E-state index contributed by atoms with van der Waals surface area (Å²) in [6.07, 6.45) is 1.26. The Morgan fingerprint density at radius 2 is 2.15 bits per heavy atom. The molecule has 0 saturated carbocycles. The number of nitrogens with zero attached hydrogens (tertiary/aromatic N) is 1. The zero-order valence-corrected chi connectivity index (χ0v) is 13.4. The van der Waals surface area contributed by atoms with E-state index >= 15 is 0 Å². The quantitative estimate of drug-likeness (QED) is 0.713. The number of aromatic nitrogens is 1. The first-order valence-corrected chi connectivity index (χ1v) is 8.13. The minimum atomic E-state index is -3.61. The van der Waals surface area contributed by atoms with E-state index in [-0.39, 0.29) is 16.5 Å². The molecule has 0 bridgehead atoms. The van der Waals surface area contributed by atoms with Gasteiger partial charge in [-0.3, -0.25) is 0 Å². The molecule has 0 fully saturated rings. The van der Waals surface area contributed by atoms with Crippen molar-refractivity contribution >= 4 is 27.4 Å². The molecule has 1 aromatic heterocycles. The number of pyridine rings is 1. The molecular weight excluding hydrogens is 302 g/mol. The van der Waals surface area contributed by atoms with Crippen molar-refractivity contribution in [1.29, 1.82) is 0 Å². The van der Waals surface area contributed by atoms with Crippen molar-refractivity contribution in [2.45, 2.75) is 18.7 Å². The van der Waals surface area contributed by atoms with Gasteiger partial charge in [0, 0.05) is 26.4 Å². The van der Waals surface area contributed by atoms with Crippen LogP contribution < -0.4 is 10.0 Å². The van der Waals surface area contributed by atoms with Gasteiger partial charge in [-0.1, -0.05) is 25.4 Å². The molecule has 0 atom stereocenters. The summed E-state index contributed by atoms with van der Waals surface area (Å²) in [5.41, 5.74) is 0. The van der Waals surface area contributed by atoms with E-state index < -0.39 is 10.0 Å². The molecule has 114 valence electrons. The van der Waals surface area contributed by atoms with Crippen LogP contribution in [-0.4, -0.2) is 40.2 Å². The van der Waals surface area contributed by atoms with Crippen molar-refractivity contribution in [1.82, 2.24) is 9.71 Å². The fraction of sp³-hybridized carbons (Fsp3) is 0.583. The standard InChI is InChI=1S/C12H20ClN3O3S/c1-9(2)8-19-5-4-16-20(17,18)10-6-11(13)12(14-3)15-7-10/h6-7,9,16H,4-5,8H2,1-3H3,(H,14,15). The average molecular weight is 322 g/mol. The Bertz CT molecular complexity index is 535. The molecule has 8 heteroatoms. The summed E-state index contributed by atoms with van der Waals surface area (Å²) < 4.78 is 31.7. The molecule has 0 aliphatic rings. The molecule has 0 aromatic carbocycles. The first kappa shape index (κ1) is 17.2. The van der Waals surface area contributed by atoms with Gasteiger partial charge in [0.15, 0.2) is 0 Å². The summed E-state index contributed by atoms with van der Waals surface area (Å²) >= 11 is 5.91. The van der Waals surface area contributed by atoms with Gasteiger partial charge in [-0.2, -0.15) is 0 Å². The number of anilines is 1. The number of ether oxygens (including phenoxy) is 1. The molecule has 6 nitrogen and oxygen atoms in total. The Kier molecular flexibility index (Phi) is 6.67. The van der Waals surface area contributed by atoms with E-state index in [0.29, 0.717) is 24.9 Å². The van der Waals surface area contributed by atoms with Crippen LogP contribution in [0, 0.1) is 5.92 Å². The number of sulfonamides is 1. The molecule has 0 spiro atoms. The number of hydrogen-bond donors (Lipinski definition) is 2. The van der Waals surface area contributed by atoms with Crippen molar-refractivity contribution in [3.05, 3.63) is 17.3 Å². The summed E-state index contributed by atoms with van der Waals surface area (Å²) in [6.45, 7) is 5.20. The van der Waals surface area contributed by atoms with Crippen molar-refractivity contribution in [2.75, 3.05) is 32.1 Å². The average Bonchev–Trinajstić information content (AvgIpc) is 2.37. The zero-order valence-electron chi connectivity index (χ0n) is 11.8. The van der Waals surface area contributed by atoms with E-state index in [1.165, 1.54) is 12.3 Å². The Morgan fingerprint density at radius 1 is 1.45 bits per heavy atom. The van der Waals surface area contributed by atoms with Gasteiger partial charge in [-0.15, -0.1) is 0 Å². The molecule has 1 aromatic rings. The maximum absolute atomic E-state index is 12.0. The highest BCUT2D eigenvalue weighted by atomic mass is 35.5. The monoisotopic (exact) mass is 321 g/mol. The van der Waals surface area contributed by atoms with Crippen LogP contribution in [0.15, 0.2) is 17.2 Å². The second kappa shape index (κ2) is 7.78. The molecule has 1 heterocycles. The van der Waals surface area contributed by atoms with Crippen LogP contribution >= 0.6 is 11.6 Å². The molecule has 0 unspecified atom stereocenters. The van der Waals surface area contributed by atoms with E-state index in [1.807, 2.05) is 13.8 Å². The van der Waals surface area contributed by atoms with Crippen molar-refractivity contribution in [3.63, 3.8) is 0 Å². The Labute approximate surface area is 124 Å². The normalized spacial score (nSPS) is 11.8. The number of nitrogens with one attached hydrogen (secondary N) is 2. The van der Waals surface area contributed by atoms with Crippen molar-refractivity contribution in [2.24, 2.45) is 5.92 Å². The summed E-state index contributed by atoms with van der Waals surface area (Å²) in [4.78, 5) is 3.97. The fourth-order valence-electron chi connectivity index (χ4n) is 1.40. The highest BCUT2D eigenvalue weighted by molar-refractivity contribution is 7.89. The third-order valence-electron chi connectivity index (χ3n) is 2.35. The zero-order chi connectivity index (χ0) is 15.2. The summed E-state index contributed by atoms with van der Waals surface area (Å²) in [5.74, 6) is 0.856. The predicted molar refractivity (Wildman–Crippen MR) is 79.6 cm³/mol. The van der Waals surface area contributed by atoms with Gasteiger partial charge in [-0.25, -0.2) is 18.1 Å². The highest BCUT2D eigenvalue weighted by Gasteiger charge is 2.15. The number of halogens is 1. The van der Waals surface area contributed by atoms with Crippen LogP contribution in [0.5, 0.6) is 0 Å². The van der Waals surface area contributed by atoms with Crippen LogP contribution in [0.2, 0.25) is 5.02 Å². The fourth-order valence-corrected chi connectivity index (χ4v) is 2.71. The highest BCUT2D eigenvalue weighted by Crippen LogP contribution is 2.21. The second-order valence-electron chi connectivity index (χ2n) is 4.62. The lowest BCUT2D eigenvalue weighted by Gasteiger charge is -2.09. The van der Waals surface area contributed by atoms with E-state index in [2.05, 4.69) is 15.0 Å².